The maximum Gasteiger partial charge on any atom is 0.0827 e. The lowest BCUT2D eigenvalue weighted by Crippen LogP contribution is -2.62. The number of rotatable bonds is 5. The van der Waals surface area contributed by atoms with Crippen LogP contribution >= 0.6 is 0 Å². The van der Waals surface area contributed by atoms with Crippen LogP contribution in [0.1, 0.15) is 53.4 Å². The van der Waals surface area contributed by atoms with E-state index in [0.29, 0.717) is 6.54 Å². The summed E-state index contributed by atoms with van der Waals surface area (Å²) < 4.78 is 6.17. The molecule has 0 bridgehead atoms. The third-order valence-corrected chi connectivity index (χ3v) is 4.47. The molecule has 3 N–H and O–H groups in total. The average Bonchev–Trinajstić information content (AvgIpc) is 2.94. The fourth-order valence-electron chi connectivity index (χ4n) is 3.35. The molecule has 1 saturated heterocycles. The van der Waals surface area contributed by atoms with Gasteiger partial charge < -0.3 is 15.8 Å². The second-order valence-electron chi connectivity index (χ2n) is 6.99. The molecule has 0 radical (unpaired) electrons. The summed E-state index contributed by atoms with van der Waals surface area (Å²) in [7, 11) is 0. The first kappa shape index (κ1) is 13.3. The third-order valence-electron chi connectivity index (χ3n) is 4.47. The van der Waals surface area contributed by atoms with Gasteiger partial charge in [0.1, 0.15) is 0 Å². The highest BCUT2D eigenvalue weighted by Gasteiger charge is 2.56. The number of hydrogen-bond acceptors (Lipinski definition) is 3. The van der Waals surface area contributed by atoms with Crippen molar-refractivity contribution in [2.24, 2.45) is 11.7 Å². The van der Waals surface area contributed by atoms with Gasteiger partial charge >= 0.3 is 0 Å². The van der Waals surface area contributed by atoms with Crippen molar-refractivity contribution in [3.8, 4) is 0 Å². The Hall–Kier alpha value is -0.120. The van der Waals surface area contributed by atoms with Gasteiger partial charge in [0, 0.05) is 6.54 Å². The van der Waals surface area contributed by atoms with Gasteiger partial charge in [-0.05, 0) is 53.0 Å². The van der Waals surface area contributed by atoms with Gasteiger partial charge in [0.05, 0.1) is 16.7 Å². The predicted octanol–water partition coefficient (Wildman–Crippen LogP) is 2.05. The highest BCUT2D eigenvalue weighted by atomic mass is 16.5. The van der Waals surface area contributed by atoms with Crippen LogP contribution in [0.3, 0.4) is 0 Å². The normalized spacial score (nSPS) is 35.1. The van der Waals surface area contributed by atoms with Crippen LogP contribution < -0.4 is 11.1 Å². The zero-order chi connectivity index (χ0) is 12.7. The van der Waals surface area contributed by atoms with E-state index in [4.69, 9.17) is 10.5 Å². The number of hydrogen-bond donors (Lipinski definition) is 2. The van der Waals surface area contributed by atoms with Crippen LogP contribution in [-0.2, 0) is 4.74 Å². The van der Waals surface area contributed by atoms with Crippen molar-refractivity contribution in [1.82, 2.24) is 5.32 Å². The lowest BCUT2D eigenvalue weighted by Gasteiger charge is -2.40. The quantitative estimate of drug-likeness (QED) is 0.773. The van der Waals surface area contributed by atoms with E-state index in [1.807, 2.05) is 0 Å². The highest BCUT2D eigenvalue weighted by molar-refractivity contribution is 5.12. The van der Waals surface area contributed by atoms with Crippen molar-refractivity contribution < 1.29 is 4.74 Å². The van der Waals surface area contributed by atoms with Crippen molar-refractivity contribution in [2.45, 2.75) is 70.1 Å². The summed E-state index contributed by atoms with van der Waals surface area (Å²) in [5, 5.41) is 3.71. The second-order valence-corrected chi connectivity index (χ2v) is 6.99. The summed E-state index contributed by atoms with van der Waals surface area (Å²) in [5.74, 6) is 0.968. The largest absolute Gasteiger partial charge is 0.368 e. The number of nitrogens with two attached hydrogens (primary N) is 1. The van der Waals surface area contributed by atoms with Crippen LogP contribution in [0.15, 0.2) is 0 Å². The second kappa shape index (κ2) is 4.22. The van der Waals surface area contributed by atoms with Crippen LogP contribution in [0, 0.1) is 5.92 Å². The first-order valence-corrected chi connectivity index (χ1v) is 6.96. The lowest BCUT2D eigenvalue weighted by molar-refractivity contribution is -0.0820. The van der Waals surface area contributed by atoms with E-state index in [1.165, 1.54) is 19.3 Å². The van der Waals surface area contributed by atoms with Gasteiger partial charge in [-0.15, -0.1) is 0 Å². The van der Waals surface area contributed by atoms with Gasteiger partial charge in [-0.1, -0.05) is 12.8 Å². The molecule has 0 aromatic rings. The molecule has 2 fully saturated rings. The van der Waals surface area contributed by atoms with E-state index in [0.717, 1.165) is 18.9 Å². The van der Waals surface area contributed by atoms with Crippen molar-refractivity contribution >= 4 is 0 Å². The Balaban J connectivity index is 2.00. The SMILES string of the molecule is CC1(C)CC(CN)(NCCC2CC2)C(C)(C)O1. The maximum absolute atomic E-state index is 6.17. The molecule has 0 aromatic heterocycles. The van der Waals surface area contributed by atoms with Gasteiger partial charge in [0.2, 0.25) is 0 Å². The first-order valence-electron chi connectivity index (χ1n) is 6.96. The van der Waals surface area contributed by atoms with Crippen LogP contribution in [0.4, 0.5) is 0 Å². The van der Waals surface area contributed by atoms with Crippen LogP contribution in [0.5, 0.6) is 0 Å². The molecule has 100 valence electrons. The minimum atomic E-state index is -0.186. The van der Waals surface area contributed by atoms with Crippen LogP contribution in [-0.4, -0.2) is 29.8 Å². The standard InChI is InChI=1S/C14H28N2O/c1-12(2)9-14(10-15,13(3,4)17-12)16-8-7-11-5-6-11/h11,16H,5-10,15H2,1-4H3. The van der Waals surface area contributed by atoms with Crippen molar-refractivity contribution in [2.75, 3.05) is 13.1 Å². The summed E-state index contributed by atoms with van der Waals surface area (Å²) in [6.07, 6.45) is 5.12. The molecule has 1 unspecified atom stereocenters. The molecule has 1 atom stereocenters. The Labute approximate surface area is 105 Å². The Morgan fingerprint density at radius 2 is 1.88 bits per heavy atom. The van der Waals surface area contributed by atoms with E-state index in [9.17, 15) is 0 Å². The topological polar surface area (TPSA) is 47.3 Å². The Bertz CT molecular complexity index is 284. The van der Waals surface area contributed by atoms with Crippen molar-refractivity contribution in [3.63, 3.8) is 0 Å². The van der Waals surface area contributed by atoms with Gasteiger partial charge in [-0.25, -0.2) is 0 Å². The Kier molecular flexibility index (Phi) is 3.30. The summed E-state index contributed by atoms with van der Waals surface area (Å²) in [6.45, 7) is 10.4. The molecule has 1 saturated carbocycles. The summed E-state index contributed by atoms with van der Waals surface area (Å²) in [6, 6.07) is 0. The molecule has 0 amide bonds. The molecule has 0 aromatic carbocycles. The molecule has 2 aliphatic rings. The Morgan fingerprint density at radius 3 is 2.29 bits per heavy atom. The van der Waals surface area contributed by atoms with Gasteiger partial charge in [0.25, 0.3) is 0 Å². The zero-order valence-electron chi connectivity index (χ0n) is 11.8. The summed E-state index contributed by atoms with van der Waals surface area (Å²) >= 11 is 0. The number of nitrogens with one attached hydrogen (secondary N) is 1. The fourth-order valence-corrected chi connectivity index (χ4v) is 3.35. The minimum Gasteiger partial charge on any atom is -0.368 e. The van der Waals surface area contributed by atoms with E-state index in [1.54, 1.807) is 0 Å². The van der Waals surface area contributed by atoms with Gasteiger partial charge in [-0.3, -0.25) is 0 Å². The maximum atomic E-state index is 6.17. The van der Waals surface area contributed by atoms with E-state index >= 15 is 0 Å². The van der Waals surface area contributed by atoms with Crippen molar-refractivity contribution in [1.29, 1.82) is 0 Å². The molecular formula is C14H28N2O. The fraction of sp³-hybridized carbons (Fsp3) is 1.00. The Morgan fingerprint density at radius 1 is 1.24 bits per heavy atom. The number of ether oxygens (including phenoxy) is 1. The molecule has 1 aliphatic carbocycles. The molecule has 3 heteroatoms. The van der Waals surface area contributed by atoms with Crippen molar-refractivity contribution in [3.05, 3.63) is 0 Å². The smallest absolute Gasteiger partial charge is 0.0827 e. The molecule has 1 heterocycles. The first-order chi connectivity index (χ1) is 7.80. The molecular weight excluding hydrogens is 212 g/mol. The van der Waals surface area contributed by atoms with E-state index < -0.39 is 0 Å². The van der Waals surface area contributed by atoms with Crippen LogP contribution in [0.25, 0.3) is 0 Å². The highest BCUT2D eigenvalue weighted by Crippen LogP contribution is 2.44. The zero-order valence-corrected chi connectivity index (χ0v) is 11.8. The minimum absolute atomic E-state index is 0.0641. The molecule has 1 aliphatic heterocycles. The molecule has 2 rings (SSSR count). The average molecular weight is 240 g/mol. The molecule has 17 heavy (non-hydrogen) atoms. The van der Waals surface area contributed by atoms with Gasteiger partial charge in [-0.2, -0.15) is 0 Å². The summed E-state index contributed by atoms with van der Waals surface area (Å²) in [4.78, 5) is 0. The lowest BCUT2D eigenvalue weighted by atomic mass is 9.79. The third kappa shape index (κ3) is 2.67. The molecule has 3 nitrogen and oxygen atoms in total. The van der Waals surface area contributed by atoms with Gasteiger partial charge in [0.15, 0.2) is 0 Å². The molecule has 0 spiro atoms. The van der Waals surface area contributed by atoms with E-state index in [-0.39, 0.29) is 16.7 Å². The predicted molar refractivity (Wildman–Crippen MR) is 71.0 cm³/mol. The monoisotopic (exact) mass is 240 g/mol. The summed E-state index contributed by atoms with van der Waals surface area (Å²) in [5.41, 5.74) is 5.73. The van der Waals surface area contributed by atoms with Crippen LogP contribution in [0.2, 0.25) is 0 Å². The van der Waals surface area contributed by atoms with E-state index in [2.05, 4.69) is 33.0 Å².